The van der Waals surface area contributed by atoms with Crippen LogP contribution in [0.15, 0.2) is 0 Å². The first-order chi connectivity index (χ1) is 29.6. The Morgan fingerprint density at radius 2 is 1.53 bits per heavy atom. The molecule has 9 N–H and O–H groups in total. The number of carboxylic acids is 2. The second-order valence-electron chi connectivity index (χ2n) is 16.7. The molecule has 0 aromatic carbocycles. The Kier molecular flexibility index (Phi) is 20.3. The molecule has 23 heteroatoms. The van der Waals surface area contributed by atoms with Crippen molar-refractivity contribution in [3.63, 3.8) is 0 Å². The van der Waals surface area contributed by atoms with Crippen molar-refractivity contribution in [2.24, 2.45) is 11.8 Å². The molecule has 62 heavy (non-hydrogen) atoms. The molecule has 4 aliphatic rings. The van der Waals surface area contributed by atoms with Crippen LogP contribution in [-0.2, 0) is 47.8 Å². The predicted octanol–water partition coefficient (Wildman–Crippen LogP) is -3.00. The molecule has 1 saturated carbocycles. The van der Waals surface area contributed by atoms with Crippen LogP contribution in [0.2, 0.25) is 0 Å². The van der Waals surface area contributed by atoms with Crippen LogP contribution in [0, 0.1) is 11.8 Å². The third-order valence-electron chi connectivity index (χ3n) is 12.0. The molecule has 4 rings (SSSR count). The van der Waals surface area contributed by atoms with Gasteiger partial charge in [-0.1, -0.05) is 0 Å². The summed E-state index contributed by atoms with van der Waals surface area (Å²) in [5.41, 5.74) is 0. The molecule has 348 valence electrons. The fourth-order valence-corrected chi connectivity index (χ4v) is 8.48. The summed E-state index contributed by atoms with van der Waals surface area (Å²) in [6, 6.07) is -1.64. The van der Waals surface area contributed by atoms with Crippen molar-refractivity contribution in [3.8, 4) is 0 Å². The number of hydrogen-bond donors (Lipinski definition) is 9. The van der Waals surface area contributed by atoms with Gasteiger partial charge in [-0.3, -0.25) is 48.2 Å². The summed E-state index contributed by atoms with van der Waals surface area (Å²) in [6.07, 6.45) is 4.66. The summed E-state index contributed by atoms with van der Waals surface area (Å²) >= 11 is 0. The van der Waals surface area contributed by atoms with Gasteiger partial charge in [0.2, 0.25) is 23.6 Å². The zero-order valence-corrected chi connectivity index (χ0v) is 35.6. The van der Waals surface area contributed by atoms with Gasteiger partial charge in [0.25, 0.3) is 5.79 Å². The van der Waals surface area contributed by atoms with Crippen LogP contribution in [0.1, 0.15) is 84.0 Å². The lowest BCUT2D eigenvalue weighted by Crippen LogP contribution is -2.53. The highest BCUT2D eigenvalue weighted by atomic mass is 16.7. The van der Waals surface area contributed by atoms with Crippen LogP contribution in [-0.4, -0.2) is 192 Å². The first-order valence-corrected chi connectivity index (χ1v) is 21.8. The van der Waals surface area contributed by atoms with Crippen LogP contribution >= 0.6 is 0 Å². The minimum absolute atomic E-state index is 0.0312. The maximum absolute atomic E-state index is 13.6. The van der Waals surface area contributed by atoms with Gasteiger partial charge in [0, 0.05) is 90.5 Å². The number of amides is 4. The summed E-state index contributed by atoms with van der Waals surface area (Å²) in [6.45, 7) is 3.63. The number of carboxylic acid groups (broad SMARTS) is 2. The SMILES string of the molecule is C[C@@H](NC(=O)[C@H]1CC[C@H](CNC(=O)CCCNC(=O)CC[C@@H]2C(=O)OC3(OC(=O)CNCCNCC(=O)O)CCN(CC(=O)O)CCN2CC3)CC1)C(=O)N1CCC[C@H]1B(O)O. The monoisotopic (exact) mass is 880 g/mol. The number of rotatable bonds is 23. The molecule has 22 nitrogen and oxygen atoms in total. The van der Waals surface area contributed by atoms with Crippen molar-refractivity contribution < 1.29 is 68.1 Å². The zero-order valence-electron chi connectivity index (χ0n) is 35.6. The van der Waals surface area contributed by atoms with Crippen molar-refractivity contribution in [3.05, 3.63) is 0 Å². The molecular weight excluding hydrogens is 815 g/mol. The Morgan fingerprint density at radius 1 is 0.839 bits per heavy atom. The first-order valence-electron chi connectivity index (χ1n) is 21.8. The third-order valence-corrected chi connectivity index (χ3v) is 12.0. The lowest BCUT2D eigenvalue weighted by Gasteiger charge is -2.34. The molecule has 0 aromatic rings. The number of hydrogen-bond acceptors (Lipinski definition) is 16. The second kappa shape index (κ2) is 25.0. The number of nitrogens with zero attached hydrogens (tertiary/aromatic N) is 3. The van der Waals surface area contributed by atoms with E-state index in [1.807, 2.05) is 4.90 Å². The highest BCUT2D eigenvalue weighted by Gasteiger charge is 2.46. The van der Waals surface area contributed by atoms with Crippen LogP contribution in [0.3, 0.4) is 0 Å². The molecule has 3 aliphatic heterocycles. The number of fused-ring (bicyclic) bond motifs is 3. The average Bonchev–Trinajstić information content (AvgIpc) is 3.70. The van der Waals surface area contributed by atoms with Crippen molar-refractivity contribution in [2.45, 2.75) is 108 Å². The lowest BCUT2D eigenvalue weighted by atomic mass is 9.77. The number of likely N-dealkylation sites (tertiary alicyclic amines) is 1. The van der Waals surface area contributed by atoms with Crippen molar-refractivity contribution >= 4 is 54.6 Å². The number of esters is 2. The van der Waals surface area contributed by atoms with Crippen molar-refractivity contribution in [1.82, 2.24) is 41.3 Å². The second-order valence-corrected chi connectivity index (χ2v) is 16.7. The van der Waals surface area contributed by atoms with Gasteiger partial charge in [0.15, 0.2) is 0 Å². The van der Waals surface area contributed by atoms with E-state index >= 15 is 0 Å². The smallest absolute Gasteiger partial charge is 0.475 e. The van der Waals surface area contributed by atoms with E-state index < -0.39 is 54.8 Å². The standard InChI is InChI=1S/C39H65BN8O14/c1-26(37(57)48-17-3-4-30(48)40(59)60)45-36(56)28-8-6-27(7-9-28)22-44-31(49)5-2-14-43-32(50)11-10-29-38(58)62-39(61-35(55)24-42-16-15-41-23-33(51)52)12-18-46(25-34(53)54)20-21-47(29)19-13-39/h26-30,41-42,59-60H,2-25H2,1H3,(H,43,50)(H,44,49)(H,45,56)(H,51,52)(H,53,54)/t26-,27-,28-,29-,30+,39?/m1/s1. The minimum Gasteiger partial charge on any atom is -0.480 e. The predicted molar refractivity (Wildman–Crippen MR) is 219 cm³/mol. The molecule has 5 atom stereocenters. The summed E-state index contributed by atoms with van der Waals surface area (Å²) in [5.74, 6) is -6.84. The Labute approximate surface area is 361 Å². The molecule has 3 saturated heterocycles. The zero-order chi connectivity index (χ0) is 45.2. The van der Waals surface area contributed by atoms with Gasteiger partial charge in [0.05, 0.1) is 25.6 Å². The van der Waals surface area contributed by atoms with Gasteiger partial charge >= 0.3 is 31.0 Å². The molecule has 1 aliphatic carbocycles. The number of carbonyl (C=O) groups excluding carboxylic acids is 6. The van der Waals surface area contributed by atoms with Crippen molar-refractivity contribution in [1.29, 1.82) is 0 Å². The van der Waals surface area contributed by atoms with Crippen LogP contribution < -0.4 is 26.6 Å². The summed E-state index contributed by atoms with van der Waals surface area (Å²) in [7, 11) is -1.62. The Hall–Kier alpha value is -4.42. The third kappa shape index (κ3) is 16.4. The Morgan fingerprint density at radius 3 is 2.23 bits per heavy atom. The summed E-state index contributed by atoms with van der Waals surface area (Å²) in [4.78, 5) is 105. The highest BCUT2D eigenvalue weighted by molar-refractivity contribution is 6.43. The Bertz CT molecular complexity index is 1570. The number of ether oxygens (including phenoxy) is 2. The number of aliphatic carboxylic acids is 2. The number of carbonyl (C=O) groups is 8. The first kappa shape index (κ1) is 50.2. The molecule has 4 fully saturated rings. The minimum atomic E-state index is -1.65. The summed E-state index contributed by atoms with van der Waals surface area (Å²) < 4.78 is 11.6. The van der Waals surface area contributed by atoms with E-state index in [9.17, 15) is 53.5 Å². The van der Waals surface area contributed by atoms with Gasteiger partial charge in [-0.2, -0.15) is 0 Å². The topological polar surface area (TPSA) is 306 Å². The van der Waals surface area contributed by atoms with E-state index in [0.717, 1.165) is 12.8 Å². The van der Waals surface area contributed by atoms with E-state index in [4.69, 9.17) is 14.6 Å². The van der Waals surface area contributed by atoms with Crippen molar-refractivity contribution in [2.75, 3.05) is 78.5 Å². The molecule has 0 spiro atoms. The molecule has 0 radical (unpaired) electrons. The van der Waals surface area contributed by atoms with Crippen LogP contribution in [0.5, 0.6) is 0 Å². The fraction of sp³-hybridized carbons (Fsp3) is 0.795. The summed E-state index contributed by atoms with van der Waals surface area (Å²) in [5, 5.41) is 51.4. The van der Waals surface area contributed by atoms with Gasteiger partial charge in [0.1, 0.15) is 12.1 Å². The van der Waals surface area contributed by atoms with Gasteiger partial charge in [-0.15, -0.1) is 0 Å². The Balaban J connectivity index is 1.14. The molecule has 2 unspecified atom stereocenters. The van der Waals surface area contributed by atoms with Crippen LogP contribution in [0.25, 0.3) is 0 Å². The average molecular weight is 881 g/mol. The largest absolute Gasteiger partial charge is 0.480 e. The maximum atomic E-state index is 13.6. The van der Waals surface area contributed by atoms with E-state index in [2.05, 4.69) is 26.6 Å². The maximum Gasteiger partial charge on any atom is 0.475 e. The quantitative estimate of drug-likeness (QED) is 0.0281. The molecule has 4 amide bonds. The normalized spacial score (nSPS) is 25.8. The van der Waals surface area contributed by atoms with Gasteiger partial charge in [-0.05, 0) is 64.2 Å². The van der Waals surface area contributed by atoms with Crippen LogP contribution in [0.4, 0.5) is 0 Å². The molecule has 3 heterocycles. The van der Waals surface area contributed by atoms with E-state index in [1.54, 1.807) is 11.8 Å². The van der Waals surface area contributed by atoms with Gasteiger partial charge < -0.3 is 61.2 Å². The van der Waals surface area contributed by atoms with E-state index in [0.29, 0.717) is 58.3 Å². The highest BCUT2D eigenvalue weighted by Crippen LogP contribution is 2.32. The molecule has 2 bridgehead atoms. The number of nitrogens with one attached hydrogen (secondary N) is 5. The van der Waals surface area contributed by atoms with E-state index in [1.165, 1.54) is 4.90 Å². The lowest BCUT2D eigenvalue weighted by molar-refractivity contribution is -0.231. The fourth-order valence-electron chi connectivity index (χ4n) is 8.48. The van der Waals surface area contributed by atoms with E-state index in [-0.39, 0.29) is 120 Å². The van der Waals surface area contributed by atoms with Gasteiger partial charge in [-0.25, -0.2) is 0 Å². The molecular formula is C39H65BN8O14. The molecule has 0 aromatic heterocycles.